The summed E-state index contributed by atoms with van der Waals surface area (Å²) in [7, 11) is 1.39. The number of carbonyl (C=O) groups excluding carboxylic acids is 1. The lowest BCUT2D eigenvalue weighted by Crippen LogP contribution is -2.03. The summed E-state index contributed by atoms with van der Waals surface area (Å²) in [5.41, 5.74) is 1.49. The minimum Gasteiger partial charge on any atom is -0.465 e. The summed E-state index contributed by atoms with van der Waals surface area (Å²) in [5.74, 6) is -0.315. The number of esters is 1. The van der Waals surface area contributed by atoms with Crippen molar-refractivity contribution in [1.82, 2.24) is 0 Å². The smallest absolute Gasteiger partial charge is 0.338 e. The van der Waals surface area contributed by atoms with Crippen molar-refractivity contribution in [3.63, 3.8) is 0 Å². The highest BCUT2D eigenvalue weighted by Gasteiger charge is 2.14. The Morgan fingerprint density at radius 1 is 1.38 bits per heavy atom. The summed E-state index contributed by atoms with van der Waals surface area (Å²) in [4.78, 5) is 12.7. The Kier molecular flexibility index (Phi) is 3.41. The Balaban J connectivity index is 2.57. The fourth-order valence-electron chi connectivity index (χ4n) is 1.44. The molecule has 82 valence electrons. The van der Waals surface area contributed by atoms with Crippen molar-refractivity contribution in [2.45, 2.75) is 0 Å². The molecule has 1 heterocycles. The van der Waals surface area contributed by atoms with Crippen LogP contribution in [0.5, 0.6) is 0 Å². The van der Waals surface area contributed by atoms with Gasteiger partial charge in [0.05, 0.1) is 12.7 Å². The van der Waals surface area contributed by atoms with Crippen molar-refractivity contribution in [2.24, 2.45) is 0 Å². The zero-order chi connectivity index (χ0) is 11.5. The summed E-state index contributed by atoms with van der Waals surface area (Å²) >= 11 is 4.95. The first-order chi connectivity index (χ1) is 7.72. The molecule has 0 radical (unpaired) electrons. The van der Waals surface area contributed by atoms with Crippen LogP contribution in [0.4, 0.5) is 0 Å². The summed E-state index contributed by atoms with van der Waals surface area (Å²) in [5, 5.41) is 1.98. The zero-order valence-electron chi connectivity index (χ0n) is 8.57. The first kappa shape index (κ1) is 11.4. The van der Waals surface area contributed by atoms with E-state index < -0.39 is 0 Å². The van der Waals surface area contributed by atoms with Crippen LogP contribution in [0.2, 0.25) is 0 Å². The van der Waals surface area contributed by atoms with Crippen LogP contribution in [0, 0.1) is 0 Å². The molecule has 2 aromatic rings. The second-order valence-corrected chi connectivity index (χ2v) is 5.02. The number of methoxy groups -OCH3 is 1. The number of benzene rings is 1. The highest BCUT2D eigenvalue weighted by molar-refractivity contribution is 9.10. The molecule has 0 unspecified atom stereocenters. The number of hydrogen-bond acceptors (Lipinski definition) is 3. The van der Waals surface area contributed by atoms with Crippen molar-refractivity contribution in [3.05, 3.63) is 45.7 Å². The predicted octanol–water partition coefficient (Wildman–Crippen LogP) is 3.96. The van der Waals surface area contributed by atoms with Crippen LogP contribution in [0.25, 0.3) is 10.4 Å². The molecule has 16 heavy (non-hydrogen) atoms. The van der Waals surface area contributed by atoms with Gasteiger partial charge in [0.2, 0.25) is 0 Å². The van der Waals surface area contributed by atoms with Crippen molar-refractivity contribution < 1.29 is 9.53 Å². The van der Waals surface area contributed by atoms with E-state index in [1.807, 2.05) is 29.6 Å². The summed E-state index contributed by atoms with van der Waals surface area (Å²) in [6, 6.07) is 9.56. The van der Waals surface area contributed by atoms with E-state index in [9.17, 15) is 4.79 Å². The van der Waals surface area contributed by atoms with Crippen LogP contribution >= 0.6 is 27.3 Å². The van der Waals surface area contributed by atoms with Gasteiger partial charge in [-0.3, -0.25) is 0 Å². The van der Waals surface area contributed by atoms with Gasteiger partial charge in [0.1, 0.15) is 0 Å². The second kappa shape index (κ2) is 4.80. The minimum atomic E-state index is -0.315. The third-order valence-electron chi connectivity index (χ3n) is 2.17. The molecule has 0 saturated carbocycles. The quantitative estimate of drug-likeness (QED) is 0.784. The molecular formula is C12H9BrO2S. The maximum Gasteiger partial charge on any atom is 0.338 e. The molecule has 0 saturated heterocycles. The van der Waals surface area contributed by atoms with Crippen molar-refractivity contribution in [2.75, 3.05) is 7.11 Å². The van der Waals surface area contributed by atoms with Gasteiger partial charge in [-0.2, -0.15) is 0 Å². The van der Waals surface area contributed by atoms with Crippen LogP contribution in [0.1, 0.15) is 10.4 Å². The van der Waals surface area contributed by atoms with Crippen molar-refractivity contribution >= 4 is 33.2 Å². The molecule has 0 amide bonds. The Hall–Kier alpha value is -1.13. The van der Waals surface area contributed by atoms with Gasteiger partial charge in [0.25, 0.3) is 0 Å². The molecule has 0 N–H and O–H groups in total. The molecule has 1 aromatic carbocycles. The van der Waals surface area contributed by atoms with Crippen LogP contribution in [0.15, 0.2) is 40.2 Å². The lowest BCUT2D eigenvalue weighted by Gasteiger charge is -2.06. The Bertz CT molecular complexity index is 506. The van der Waals surface area contributed by atoms with Gasteiger partial charge in [-0.25, -0.2) is 4.79 Å². The van der Waals surface area contributed by atoms with E-state index in [4.69, 9.17) is 4.74 Å². The van der Waals surface area contributed by atoms with Gasteiger partial charge in [0.15, 0.2) is 0 Å². The molecule has 0 aliphatic rings. The lowest BCUT2D eigenvalue weighted by molar-refractivity contribution is 0.0601. The van der Waals surface area contributed by atoms with E-state index in [0.29, 0.717) is 5.56 Å². The average Bonchev–Trinajstić information content (AvgIpc) is 2.81. The first-order valence-electron chi connectivity index (χ1n) is 4.64. The largest absolute Gasteiger partial charge is 0.465 e. The second-order valence-electron chi connectivity index (χ2n) is 3.16. The van der Waals surface area contributed by atoms with Gasteiger partial charge in [-0.1, -0.05) is 28.1 Å². The monoisotopic (exact) mass is 296 g/mol. The van der Waals surface area contributed by atoms with Crippen molar-refractivity contribution in [1.29, 1.82) is 0 Å². The number of halogens is 1. The molecule has 0 bridgehead atoms. The van der Waals surface area contributed by atoms with Gasteiger partial charge in [0, 0.05) is 14.9 Å². The number of ether oxygens (including phenoxy) is 1. The Morgan fingerprint density at radius 3 is 2.81 bits per heavy atom. The molecule has 0 aliphatic heterocycles. The fourth-order valence-corrected chi connectivity index (χ4v) is 2.57. The topological polar surface area (TPSA) is 26.3 Å². The molecule has 2 nitrogen and oxygen atoms in total. The molecule has 4 heteroatoms. The summed E-state index contributed by atoms with van der Waals surface area (Å²) in [6.07, 6.45) is 0. The maximum absolute atomic E-state index is 11.6. The molecule has 0 atom stereocenters. The van der Waals surface area contributed by atoms with E-state index in [1.165, 1.54) is 7.11 Å². The Labute approximate surface area is 106 Å². The lowest BCUT2D eigenvalue weighted by atomic mass is 10.1. The van der Waals surface area contributed by atoms with Crippen LogP contribution in [0.3, 0.4) is 0 Å². The normalized spacial score (nSPS) is 10.1. The number of carbonyl (C=O) groups is 1. The van der Waals surface area contributed by atoms with Gasteiger partial charge in [-0.05, 0) is 23.6 Å². The van der Waals surface area contributed by atoms with Crippen LogP contribution in [-0.4, -0.2) is 13.1 Å². The summed E-state index contributed by atoms with van der Waals surface area (Å²) in [6.45, 7) is 0. The number of hydrogen-bond donors (Lipinski definition) is 0. The zero-order valence-corrected chi connectivity index (χ0v) is 11.0. The SMILES string of the molecule is COC(=O)c1cc(Br)ccc1-c1cccs1. The standard InChI is InChI=1S/C12H9BrO2S/c1-15-12(14)10-7-8(13)4-5-9(10)11-3-2-6-16-11/h2-7H,1H3. The van der Waals surface area contributed by atoms with E-state index in [2.05, 4.69) is 15.9 Å². The van der Waals surface area contributed by atoms with E-state index in [1.54, 1.807) is 17.4 Å². The van der Waals surface area contributed by atoms with Gasteiger partial charge < -0.3 is 4.74 Å². The van der Waals surface area contributed by atoms with Gasteiger partial charge in [-0.15, -0.1) is 11.3 Å². The molecule has 0 spiro atoms. The third-order valence-corrected chi connectivity index (χ3v) is 3.57. The minimum absolute atomic E-state index is 0.315. The average molecular weight is 297 g/mol. The summed E-state index contributed by atoms with van der Waals surface area (Å²) < 4.78 is 5.64. The van der Waals surface area contributed by atoms with Crippen LogP contribution < -0.4 is 0 Å². The molecule has 0 fully saturated rings. The predicted molar refractivity (Wildman–Crippen MR) is 68.8 cm³/mol. The number of thiophene rings is 1. The molecule has 1 aromatic heterocycles. The van der Waals surface area contributed by atoms with E-state index >= 15 is 0 Å². The molecule has 0 aliphatic carbocycles. The van der Waals surface area contributed by atoms with Crippen molar-refractivity contribution in [3.8, 4) is 10.4 Å². The van der Waals surface area contributed by atoms with E-state index in [0.717, 1.165) is 14.9 Å². The fraction of sp³-hybridized carbons (Fsp3) is 0.0833. The third kappa shape index (κ3) is 2.18. The highest BCUT2D eigenvalue weighted by atomic mass is 79.9. The number of rotatable bonds is 2. The Morgan fingerprint density at radius 2 is 2.19 bits per heavy atom. The maximum atomic E-state index is 11.6. The van der Waals surface area contributed by atoms with Gasteiger partial charge >= 0.3 is 5.97 Å². The van der Waals surface area contributed by atoms with E-state index in [-0.39, 0.29) is 5.97 Å². The van der Waals surface area contributed by atoms with Crippen LogP contribution in [-0.2, 0) is 4.74 Å². The molecule has 2 rings (SSSR count). The first-order valence-corrected chi connectivity index (χ1v) is 6.31. The molecular weight excluding hydrogens is 288 g/mol. The highest BCUT2D eigenvalue weighted by Crippen LogP contribution is 2.30.